The van der Waals surface area contributed by atoms with Crippen molar-refractivity contribution in [3.63, 3.8) is 0 Å². The Morgan fingerprint density at radius 2 is 2.40 bits per heavy atom. The summed E-state index contributed by atoms with van der Waals surface area (Å²) in [5.74, 6) is 3.15. The molecule has 110 valence electrons. The van der Waals surface area contributed by atoms with Gasteiger partial charge in [-0.05, 0) is 36.3 Å². The van der Waals surface area contributed by atoms with E-state index in [-0.39, 0.29) is 11.7 Å². The van der Waals surface area contributed by atoms with Crippen LogP contribution in [0.1, 0.15) is 31.7 Å². The third-order valence-corrected chi connectivity index (χ3v) is 5.51. The summed E-state index contributed by atoms with van der Waals surface area (Å²) in [4.78, 5) is 0. The van der Waals surface area contributed by atoms with Crippen LogP contribution in [-0.2, 0) is 11.2 Å². The zero-order valence-corrected chi connectivity index (χ0v) is 12.9. The topological polar surface area (TPSA) is 44.5 Å². The minimum Gasteiger partial charge on any atom is -0.488 e. The summed E-state index contributed by atoms with van der Waals surface area (Å²) >= 11 is 1.99. The molecule has 0 bridgehead atoms. The van der Waals surface area contributed by atoms with Gasteiger partial charge in [-0.25, -0.2) is 0 Å². The number of aryl methyl sites for hydroxylation is 1. The highest BCUT2D eigenvalue weighted by Crippen LogP contribution is 2.39. The number of thioether (sulfide) groups is 1. The van der Waals surface area contributed by atoms with Crippen molar-refractivity contribution in [2.75, 3.05) is 23.8 Å². The molecule has 3 nitrogen and oxygen atoms in total. The molecule has 2 saturated heterocycles. The van der Waals surface area contributed by atoms with Gasteiger partial charge in [0, 0.05) is 18.6 Å². The average molecular weight is 293 g/mol. The van der Waals surface area contributed by atoms with Crippen molar-refractivity contribution in [3.8, 4) is 5.75 Å². The molecule has 0 radical (unpaired) electrons. The molecule has 0 amide bonds. The number of ether oxygens (including phenoxy) is 2. The van der Waals surface area contributed by atoms with Gasteiger partial charge in [0.2, 0.25) is 0 Å². The molecule has 0 aliphatic carbocycles. The molecular weight excluding hydrogens is 270 g/mol. The minimum absolute atomic E-state index is 0.0612. The van der Waals surface area contributed by atoms with Crippen LogP contribution in [0.2, 0.25) is 0 Å². The summed E-state index contributed by atoms with van der Waals surface area (Å²) in [7, 11) is 0. The van der Waals surface area contributed by atoms with Crippen molar-refractivity contribution in [3.05, 3.63) is 23.8 Å². The van der Waals surface area contributed by atoms with Crippen LogP contribution in [0.5, 0.6) is 5.75 Å². The highest BCUT2D eigenvalue weighted by molar-refractivity contribution is 7.99. The van der Waals surface area contributed by atoms with Crippen molar-refractivity contribution < 1.29 is 9.47 Å². The second kappa shape index (κ2) is 5.86. The molecule has 1 aromatic rings. The maximum absolute atomic E-state index is 6.16. The Morgan fingerprint density at radius 1 is 1.50 bits per heavy atom. The minimum atomic E-state index is 0.0612. The SMILES string of the molecule is CCc1ccc(OC2CCOC3(CCSC3)C2)c(N)c1. The molecule has 0 aromatic heterocycles. The summed E-state index contributed by atoms with van der Waals surface area (Å²) in [6, 6.07) is 6.14. The fraction of sp³-hybridized carbons (Fsp3) is 0.625. The van der Waals surface area contributed by atoms with Gasteiger partial charge >= 0.3 is 0 Å². The fourth-order valence-corrected chi connectivity index (χ4v) is 4.43. The van der Waals surface area contributed by atoms with Crippen molar-refractivity contribution >= 4 is 17.4 Å². The van der Waals surface area contributed by atoms with E-state index in [9.17, 15) is 0 Å². The first-order valence-corrected chi connectivity index (χ1v) is 8.63. The quantitative estimate of drug-likeness (QED) is 0.869. The Kier molecular flexibility index (Phi) is 4.13. The molecule has 2 atom stereocenters. The lowest BCUT2D eigenvalue weighted by molar-refractivity contribution is -0.0957. The van der Waals surface area contributed by atoms with Crippen molar-refractivity contribution in [1.29, 1.82) is 0 Å². The van der Waals surface area contributed by atoms with Crippen LogP contribution in [0, 0.1) is 0 Å². The van der Waals surface area contributed by atoms with Gasteiger partial charge in [0.15, 0.2) is 0 Å². The molecule has 2 unspecified atom stereocenters. The summed E-state index contributed by atoms with van der Waals surface area (Å²) < 4.78 is 12.2. The van der Waals surface area contributed by atoms with Crippen LogP contribution < -0.4 is 10.5 Å². The molecule has 2 aliphatic rings. The summed E-state index contributed by atoms with van der Waals surface area (Å²) in [6.45, 7) is 2.94. The Balaban J connectivity index is 1.68. The van der Waals surface area contributed by atoms with Crippen LogP contribution in [0.4, 0.5) is 5.69 Å². The van der Waals surface area contributed by atoms with E-state index in [1.807, 2.05) is 23.9 Å². The second-order valence-electron chi connectivity index (χ2n) is 5.79. The number of hydrogen-bond donors (Lipinski definition) is 1. The van der Waals surface area contributed by atoms with Gasteiger partial charge < -0.3 is 15.2 Å². The molecule has 2 heterocycles. The highest BCUT2D eigenvalue weighted by Gasteiger charge is 2.41. The molecule has 2 fully saturated rings. The van der Waals surface area contributed by atoms with Crippen LogP contribution >= 0.6 is 11.8 Å². The highest BCUT2D eigenvalue weighted by atomic mass is 32.2. The third-order valence-electron chi connectivity index (χ3n) is 4.29. The van der Waals surface area contributed by atoms with Crippen LogP contribution in [0.25, 0.3) is 0 Å². The first kappa shape index (κ1) is 14.1. The second-order valence-corrected chi connectivity index (χ2v) is 6.90. The van der Waals surface area contributed by atoms with E-state index in [0.717, 1.165) is 49.5 Å². The fourth-order valence-electron chi connectivity index (χ4n) is 3.05. The first-order valence-electron chi connectivity index (χ1n) is 7.47. The number of hydrogen-bond acceptors (Lipinski definition) is 4. The molecule has 2 aliphatic heterocycles. The van der Waals surface area contributed by atoms with Crippen molar-refractivity contribution in [2.24, 2.45) is 0 Å². The van der Waals surface area contributed by atoms with Gasteiger partial charge in [-0.1, -0.05) is 13.0 Å². The number of anilines is 1. The molecule has 1 aromatic carbocycles. The molecule has 0 saturated carbocycles. The molecule has 2 N–H and O–H groups in total. The molecule has 20 heavy (non-hydrogen) atoms. The van der Waals surface area contributed by atoms with Gasteiger partial charge in [0.25, 0.3) is 0 Å². The van der Waals surface area contributed by atoms with Gasteiger partial charge in [-0.15, -0.1) is 0 Å². The van der Waals surface area contributed by atoms with Gasteiger partial charge in [0.05, 0.1) is 17.9 Å². The van der Waals surface area contributed by atoms with E-state index in [1.54, 1.807) is 0 Å². The van der Waals surface area contributed by atoms with Crippen LogP contribution in [0.15, 0.2) is 18.2 Å². The third kappa shape index (κ3) is 2.91. The Hall–Kier alpha value is -0.870. The average Bonchev–Trinajstić information content (AvgIpc) is 2.89. The molecular formula is C16H23NO2S. The molecule has 1 spiro atoms. The number of nitrogen functional groups attached to an aromatic ring is 1. The normalized spacial score (nSPS) is 29.8. The summed E-state index contributed by atoms with van der Waals surface area (Å²) in [5, 5.41) is 0. The van der Waals surface area contributed by atoms with Crippen LogP contribution in [-0.4, -0.2) is 29.8 Å². The first-order chi connectivity index (χ1) is 9.71. The molecule has 3 rings (SSSR count). The smallest absolute Gasteiger partial charge is 0.142 e. The summed E-state index contributed by atoms with van der Waals surface area (Å²) in [6.07, 6.45) is 4.34. The van der Waals surface area contributed by atoms with E-state index in [0.29, 0.717) is 0 Å². The standard InChI is InChI=1S/C16H23NO2S/c1-2-12-3-4-15(14(17)9-12)19-13-5-7-18-16(10-13)6-8-20-11-16/h3-4,9,13H,2,5-8,10-11,17H2,1H3. The lowest BCUT2D eigenvalue weighted by Crippen LogP contribution is -2.43. The largest absolute Gasteiger partial charge is 0.488 e. The van der Waals surface area contributed by atoms with E-state index >= 15 is 0 Å². The number of nitrogens with two attached hydrogens (primary N) is 1. The lowest BCUT2D eigenvalue weighted by Gasteiger charge is -2.37. The summed E-state index contributed by atoms with van der Waals surface area (Å²) in [5.41, 5.74) is 8.17. The Bertz CT molecular complexity index is 472. The van der Waals surface area contributed by atoms with Gasteiger partial charge in [-0.3, -0.25) is 0 Å². The van der Waals surface area contributed by atoms with E-state index in [2.05, 4.69) is 13.0 Å². The lowest BCUT2D eigenvalue weighted by atomic mass is 9.91. The van der Waals surface area contributed by atoms with E-state index in [1.165, 1.54) is 11.3 Å². The van der Waals surface area contributed by atoms with Crippen LogP contribution in [0.3, 0.4) is 0 Å². The van der Waals surface area contributed by atoms with Gasteiger partial charge in [-0.2, -0.15) is 11.8 Å². The predicted octanol–water partition coefficient (Wildman–Crippen LogP) is 3.26. The monoisotopic (exact) mass is 293 g/mol. The van der Waals surface area contributed by atoms with E-state index < -0.39 is 0 Å². The Labute approximate surface area is 125 Å². The van der Waals surface area contributed by atoms with Gasteiger partial charge in [0.1, 0.15) is 11.9 Å². The predicted molar refractivity (Wildman–Crippen MR) is 84.5 cm³/mol. The maximum Gasteiger partial charge on any atom is 0.142 e. The number of rotatable bonds is 3. The molecule has 4 heteroatoms. The van der Waals surface area contributed by atoms with Crippen molar-refractivity contribution in [1.82, 2.24) is 0 Å². The zero-order valence-electron chi connectivity index (χ0n) is 12.1. The zero-order chi connectivity index (χ0) is 14.0. The van der Waals surface area contributed by atoms with Crippen molar-refractivity contribution in [2.45, 2.75) is 44.3 Å². The maximum atomic E-state index is 6.16. The van der Waals surface area contributed by atoms with E-state index in [4.69, 9.17) is 15.2 Å². The Morgan fingerprint density at radius 3 is 3.10 bits per heavy atom. The number of benzene rings is 1.